The van der Waals surface area contributed by atoms with E-state index in [1.165, 1.54) is 61.6 Å². The van der Waals surface area contributed by atoms with Crippen molar-refractivity contribution in [3.63, 3.8) is 0 Å². The van der Waals surface area contributed by atoms with Crippen LogP contribution in [0.5, 0.6) is 0 Å². The number of nitrogens with two attached hydrogens (primary N) is 1. The van der Waals surface area contributed by atoms with Crippen LogP contribution in [0.25, 0.3) is 10.9 Å². The molecule has 716 valence electrons. The van der Waals surface area contributed by atoms with Gasteiger partial charge in [-0.25, -0.2) is 4.79 Å². The van der Waals surface area contributed by atoms with Crippen molar-refractivity contribution in [2.24, 2.45) is 35.3 Å². The average molecular weight is 1890 g/mol. The third-order valence-corrected chi connectivity index (χ3v) is 27.8. The third kappa shape index (κ3) is 31.0. The zero-order chi connectivity index (χ0) is 96.4. The summed E-state index contributed by atoms with van der Waals surface area (Å²) in [5, 5.41) is 72.8. The Labute approximate surface area is 761 Å². The smallest absolute Gasteiger partial charge is 0.327 e. The first-order valence-electron chi connectivity index (χ1n) is 42.6. The van der Waals surface area contributed by atoms with E-state index < -0.39 is 338 Å². The quantitative estimate of drug-likeness (QED) is 0.0696. The van der Waals surface area contributed by atoms with Crippen molar-refractivity contribution in [2.75, 3.05) is 41.9 Å². The fraction of sp³-hybridized carbons (Fsp3) is 0.654. The third-order valence-electron chi connectivity index (χ3n) is 22.3. The number of benzene rings is 1. The van der Waals surface area contributed by atoms with Gasteiger partial charge in [-0.15, -0.1) is 0 Å². The molecule has 4 aliphatic heterocycles. The number of carboxylic acid groups (broad SMARTS) is 2. The maximum atomic E-state index is 15.9. The van der Waals surface area contributed by atoms with Crippen LogP contribution in [0.4, 0.5) is 0 Å². The van der Waals surface area contributed by atoms with Gasteiger partial charge in [-0.2, -0.15) is 35.3 Å². The Morgan fingerprint density at radius 1 is 0.496 bits per heavy atom. The Morgan fingerprint density at radius 2 is 1.00 bits per heavy atom. The predicted octanol–water partition coefficient (Wildman–Crippen LogP) is -5.87. The number of fused-ring (bicyclic) bond motifs is 19. The zero-order valence-electron chi connectivity index (χ0n) is 74.5. The lowest BCUT2D eigenvalue weighted by atomic mass is 9.96. The number of carboxylic acids is 2. The summed E-state index contributed by atoms with van der Waals surface area (Å²) < 4.78 is 14.6. The van der Waals surface area contributed by atoms with Crippen molar-refractivity contribution >= 4 is 175 Å². The van der Waals surface area contributed by atoms with E-state index in [-0.39, 0.29) is 24.8 Å². The molecule has 4 bridgehead atoms. The molecule has 48 heteroatoms. The number of aromatic nitrogens is 1. The topological polar surface area (TPSA) is 678 Å². The van der Waals surface area contributed by atoms with E-state index in [4.69, 9.17) is 5.73 Å². The highest BCUT2D eigenvalue weighted by Gasteiger charge is 2.45. The van der Waals surface area contributed by atoms with Gasteiger partial charge in [0, 0.05) is 73.4 Å². The molecule has 4 aliphatic rings. The number of amides is 18. The Balaban J connectivity index is 1.63. The minimum Gasteiger partial charge on any atom is -0.481 e. The van der Waals surface area contributed by atoms with Crippen LogP contribution in [0.3, 0.4) is 0 Å². The molecule has 4 saturated heterocycles. The second kappa shape index (κ2) is 49.9. The van der Waals surface area contributed by atoms with Gasteiger partial charge in [0.2, 0.25) is 106 Å². The van der Waals surface area contributed by atoms with Gasteiger partial charge in [-0.3, -0.25) is 95.3 Å². The van der Waals surface area contributed by atoms with Gasteiger partial charge in [-0.1, -0.05) is 114 Å². The van der Waals surface area contributed by atoms with E-state index in [9.17, 15) is 72.3 Å². The van der Waals surface area contributed by atoms with Crippen LogP contribution in [0.15, 0.2) is 30.5 Å². The lowest BCUT2D eigenvalue weighted by Gasteiger charge is -2.32. The van der Waals surface area contributed by atoms with E-state index >= 15 is 43.2 Å². The van der Waals surface area contributed by atoms with E-state index in [0.717, 1.165) is 25.6 Å². The van der Waals surface area contributed by atoms with Crippen LogP contribution in [-0.2, 0) is 107 Å². The fourth-order valence-corrected chi connectivity index (χ4v) is 18.5. The van der Waals surface area contributed by atoms with Gasteiger partial charge in [-0.05, 0) is 69.3 Å². The second-order valence-corrected chi connectivity index (χ2v) is 39.4. The van der Waals surface area contributed by atoms with Crippen molar-refractivity contribution in [1.82, 2.24) is 101 Å². The minimum atomic E-state index is -2.60. The van der Waals surface area contributed by atoms with Crippen LogP contribution in [0.2, 0.25) is 0 Å². The molecule has 1 aromatic carbocycles. The van der Waals surface area contributed by atoms with Crippen LogP contribution < -0.4 is 101 Å². The van der Waals surface area contributed by atoms with Gasteiger partial charge >= 0.3 is 11.9 Å². The van der Waals surface area contributed by atoms with Crippen molar-refractivity contribution < 1.29 is 115 Å². The Hall–Kier alpha value is -10.7. The molecule has 0 aliphatic carbocycles. The summed E-state index contributed by atoms with van der Waals surface area (Å²) in [5.74, 6) is -30.9. The number of aliphatic hydroxyl groups is 1. The van der Waals surface area contributed by atoms with Gasteiger partial charge in [0.1, 0.15) is 96.7 Å². The van der Waals surface area contributed by atoms with Crippen LogP contribution in [0.1, 0.15) is 148 Å². The van der Waals surface area contributed by atoms with E-state index in [1.807, 2.05) is 0 Å². The monoisotopic (exact) mass is 1890 g/mol. The fourth-order valence-electron chi connectivity index (χ4n) is 13.9. The van der Waals surface area contributed by atoms with E-state index in [0.29, 0.717) is 34.4 Å². The van der Waals surface area contributed by atoms with Crippen molar-refractivity contribution in [1.29, 1.82) is 0 Å². The van der Waals surface area contributed by atoms with Crippen LogP contribution in [0, 0.1) is 29.6 Å². The summed E-state index contributed by atoms with van der Waals surface area (Å²) >= 11 is 2.12. The molecule has 24 atom stereocenters. The largest absolute Gasteiger partial charge is 0.481 e. The number of aliphatic carboxylic acids is 2. The molecule has 24 N–H and O–H groups in total. The standard InChI is InChI=1S/C81H124N20O24S4/c1-16-36(9)58-75(117)87-47(22-23-55(105)106)68(110)89-50-30-127-40(13)61(101-71(113)49-29-126-28-45(82)66(108)99-60(39(12)102)72(114)85-27-54(104)94-64(44-25-83-46-21-19-18-20-43(44)46)80(122)96-56(34(5)6)73(115)90-49)77(119)88-48(24-33(3)4)69(111)100-62(78(120)98-58)41(14)128-31-51-70(112)86-38(11)65(107)92-52(81(123)124)32-129(125)42(15)63(93-53(103)26-84-67(50)109)79(121)95-57(35(7)8)74(116)97-59(37(10)17-2)76(118)91-51/h18-21,25,33-42,45,47-52,56-64,83,102H,16-17,22-24,26-32,82H2,1-15H3,(H,84,109)(H,85,114)(H,86,112)(H,87,117)(H,88,119)(H,89,110)(H,90,115)(H,91,118)(H,92,107)(H,93,103)(H,94,104)(H,95,121)(H,96,122)(H,97,116)(H,98,120)(H,99,108)(H,100,111)(H,101,113)(H,105,106)(H,123,124)/t36-,37-,38-,39-,40-,41-,42-,45+,47-,48-,49?,50-,51-,52?,56-,57-,58-,59-,60-,61+,62+,63+,64-,129?/m1/s1. The first kappa shape index (κ1) is 107. The highest BCUT2D eigenvalue weighted by Crippen LogP contribution is 2.27. The van der Waals surface area contributed by atoms with Crippen molar-refractivity contribution in [2.45, 2.75) is 261 Å². The number of carbonyl (C=O) groups excluding carboxylic acids is 18. The van der Waals surface area contributed by atoms with E-state index in [1.54, 1.807) is 58.9 Å². The number of thioether (sulfide) groups is 3. The number of H-pyrrole nitrogens is 1. The zero-order valence-corrected chi connectivity index (χ0v) is 77.8. The highest BCUT2D eigenvalue weighted by atomic mass is 32.2. The lowest BCUT2D eigenvalue weighted by molar-refractivity contribution is -0.141. The maximum Gasteiger partial charge on any atom is 0.327 e. The molecule has 0 spiro atoms. The Bertz CT molecular complexity index is 4480. The molecule has 5 heterocycles. The maximum absolute atomic E-state index is 15.9. The molecule has 18 amide bonds. The lowest BCUT2D eigenvalue weighted by Crippen LogP contribution is -2.63. The number of aromatic amines is 1. The van der Waals surface area contributed by atoms with Crippen molar-refractivity contribution in [3.8, 4) is 0 Å². The predicted molar refractivity (Wildman–Crippen MR) is 476 cm³/mol. The minimum absolute atomic E-state index is 0.0959. The second-order valence-electron chi connectivity index (χ2n) is 33.6. The first-order valence-corrected chi connectivity index (χ1v) is 47.2. The number of aliphatic hydroxyl groups excluding tert-OH is 1. The van der Waals surface area contributed by atoms with Crippen molar-refractivity contribution in [3.05, 3.63) is 36.0 Å². The number of hydrogen-bond donors (Lipinski definition) is 23. The summed E-state index contributed by atoms with van der Waals surface area (Å²) in [6, 6.07) is -23.8. The van der Waals surface area contributed by atoms with Gasteiger partial charge < -0.3 is 122 Å². The number of nitrogens with one attached hydrogen (secondary N) is 19. The molecule has 1 aromatic heterocycles. The van der Waals surface area contributed by atoms with Crippen LogP contribution in [-0.4, -0.2) is 303 Å². The Kier molecular flexibility index (Phi) is 41.4. The molecule has 6 rings (SSSR count). The molecule has 0 radical (unpaired) electrons. The first-order chi connectivity index (χ1) is 60.6. The molecule has 44 nitrogen and oxygen atoms in total. The molecular weight excluding hydrogens is 1770 g/mol. The summed E-state index contributed by atoms with van der Waals surface area (Å²) in [4.78, 5) is 297. The number of hydrogen-bond acceptors (Lipinski definition) is 26. The SMILES string of the molecule is CC[C@@H](C)[C@H]1NC(=O)[C@H]2NC(=O)[C@@H](CC(C)C)NC(=O)[C@@H](NC(=O)C3CSC[C@H](N)C(=O)N[C@H]([C@@H](C)O)C(=O)NCC(=O)N[C@H](c4c[nH]c5ccccc45)C(=O)N[C@H](C(C)C)C(=O)N3)[C@@H](C)SC[C@@H](NC(=O)[C@@H](CCC(=O)O)NC1=O)C(=O)NCC(=O)N[C@@H]1C(=O)N[C@H](C(C)C)C(=O)N[C@H]([C@H](C)CC)C(=O)N[C@H](CS[C@@H]2C)C(=O)N[C@H](C)C(=O)NC(C(=O)O)CS(=O)[C@@H]1C. The number of para-hydroxylation sites is 1. The van der Waals surface area contributed by atoms with Gasteiger partial charge in [0.25, 0.3) is 0 Å². The summed E-state index contributed by atoms with van der Waals surface area (Å²) in [5.41, 5.74) is 7.10. The molecule has 129 heavy (non-hydrogen) atoms. The average Bonchev–Trinajstić information content (AvgIpc) is 0.934. The molecule has 3 unspecified atom stereocenters. The summed E-state index contributed by atoms with van der Waals surface area (Å²) in [6.45, 7) is 19.9. The Morgan fingerprint density at radius 3 is 1.59 bits per heavy atom. The molecular formula is C81H124N20O24S4. The molecule has 4 fully saturated rings. The van der Waals surface area contributed by atoms with Crippen LogP contribution >= 0.6 is 35.3 Å². The normalized spacial score (nSPS) is 30.7. The summed E-state index contributed by atoms with van der Waals surface area (Å²) in [6.07, 6.45) is -1.76. The van der Waals surface area contributed by atoms with E-state index in [2.05, 4.69) is 101 Å². The summed E-state index contributed by atoms with van der Waals surface area (Å²) in [7, 11) is -2.60. The number of rotatable bonds is 16. The number of carbonyl (C=O) groups is 20. The highest BCUT2D eigenvalue weighted by molar-refractivity contribution is 8.00. The molecule has 0 saturated carbocycles. The van der Waals surface area contributed by atoms with Gasteiger partial charge in [0.05, 0.1) is 36.2 Å². The van der Waals surface area contributed by atoms with Gasteiger partial charge in [0.15, 0.2) is 0 Å². The molecule has 2 aromatic rings.